The largest absolute Gasteiger partial charge is 0.352 e. The van der Waals surface area contributed by atoms with E-state index in [0.717, 1.165) is 15.4 Å². The topological polar surface area (TPSA) is 86.8 Å². The van der Waals surface area contributed by atoms with Crippen molar-refractivity contribution in [2.75, 3.05) is 20.1 Å². The van der Waals surface area contributed by atoms with Crippen LogP contribution in [-0.4, -0.2) is 61.7 Å². The molecule has 0 saturated carbocycles. The fourth-order valence-corrected chi connectivity index (χ4v) is 4.65. The summed E-state index contributed by atoms with van der Waals surface area (Å²) in [6.07, 6.45) is 0.986. The number of nitrogens with one attached hydrogen (secondary N) is 1. The molecule has 1 atom stereocenters. The first-order valence-corrected chi connectivity index (χ1v) is 12.7. The summed E-state index contributed by atoms with van der Waals surface area (Å²) in [6, 6.07) is 15.4. The molecule has 7 nitrogen and oxygen atoms in total. The van der Waals surface area contributed by atoms with Crippen LogP contribution >= 0.6 is 0 Å². The Morgan fingerprint density at radius 1 is 1.00 bits per heavy atom. The molecule has 0 aliphatic carbocycles. The molecule has 0 aliphatic heterocycles. The number of rotatable bonds is 11. The van der Waals surface area contributed by atoms with E-state index in [4.69, 9.17) is 0 Å². The van der Waals surface area contributed by atoms with Crippen molar-refractivity contribution in [3.05, 3.63) is 65.7 Å². The van der Waals surface area contributed by atoms with Crippen LogP contribution in [0.2, 0.25) is 0 Å². The maximum Gasteiger partial charge on any atom is 0.243 e. The van der Waals surface area contributed by atoms with Gasteiger partial charge in [-0.2, -0.15) is 4.31 Å². The number of amides is 2. The minimum absolute atomic E-state index is 0.0674. The molecule has 0 spiro atoms. The number of carbonyl (C=O) groups is 2. The van der Waals surface area contributed by atoms with E-state index in [-0.39, 0.29) is 23.4 Å². The number of carbonyl (C=O) groups excluding carboxylic acids is 2. The van der Waals surface area contributed by atoms with E-state index in [1.807, 2.05) is 58.0 Å². The minimum atomic E-state index is -3.84. The van der Waals surface area contributed by atoms with Gasteiger partial charge in [-0.25, -0.2) is 8.42 Å². The quantitative estimate of drug-likeness (QED) is 0.544. The van der Waals surface area contributed by atoms with Crippen LogP contribution in [0.25, 0.3) is 0 Å². The fourth-order valence-electron chi connectivity index (χ4n) is 3.53. The Labute approximate surface area is 197 Å². The number of aryl methyl sites for hydroxylation is 1. The molecule has 2 rings (SSSR count). The molecule has 0 fully saturated rings. The van der Waals surface area contributed by atoms with Crippen molar-refractivity contribution >= 4 is 21.8 Å². The standard InChI is InChI=1S/C25H35N3O4S/c1-6-23(25(30)26-19(2)3)28(17-16-21-10-8-7-9-11-21)24(29)18-27(5)33(31,32)22-14-12-20(4)13-15-22/h7-15,19,23H,6,16-18H2,1-5H3,(H,26,30)/t23-/m1/s1. The van der Waals surface area contributed by atoms with Gasteiger partial charge in [0.25, 0.3) is 0 Å². The molecule has 180 valence electrons. The van der Waals surface area contributed by atoms with Gasteiger partial charge in [-0.3, -0.25) is 9.59 Å². The summed E-state index contributed by atoms with van der Waals surface area (Å²) < 4.78 is 27.0. The molecular formula is C25H35N3O4S. The van der Waals surface area contributed by atoms with Crippen LogP contribution in [0.3, 0.4) is 0 Å². The first-order valence-electron chi connectivity index (χ1n) is 11.2. The summed E-state index contributed by atoms with van der Waals surface area (Å²) in [5.74, 6) is -0.646. The SMILES string of the molecule is CC[C@H](C(=O)NC(C)C)N(CCc1ccccc1)C(=O)CN(C)S(=O)(=O)c1ccc(C)cc1. The number of benzene rings is 2. The van der Waals surface area contributed by atoms with Crippen molar-refractivity contribution in [2.24, 2.45) is 0 Å². The number of hydrogen-bond acceptors (Lipinski definition) is 4. The maximum absolute atomic E-state index is 13.3. The van der Waals surface area contributed by atoms with E-state index >= 15 is 0 Å². The van der Waals surface area contributed by atoms with Crippen molar-refractivity contribution in [3.63, 3.8) is 0 Å². The smallest absolute Gasteiger partial charge is 0.243 e. The maximum atomic E-state index is 13.3. The summed E-state index contributed by atoms with van der Waals surface area (Å²) in [7, 11) is -2.45. The molecule has 1 N–H and O–H groups in total. The third-order valence-electron chi connectivity index (χ3n) is 5.39. The highest BCUT2D eigenvalue weighted by Crippen LogP contribution is 2.16. The second-order valence-corrected chi connectivity index (χ2v) is 10.5. The van der Waals surface area contributed by atoms with Crippen LogP contribution in [0.4, 0.5) is 0 Å². The molecule has 2 aromatic rings. The highest BCUT2D eigenvalue weighted by molar-refractivity contribution is 7.89. The predicted octanol–water partition coefficient (Wildman–Crippen LogP) is 2.99. The first-order chi connectivity index (χ1) is 15.6. The third-order valence-corrected chi connectivity index (χ3v) is 7.21. The Morgan fingerprint density at radius 3 is 2.15 bits per heavy atom. The van der Waals surface area contributed by atoms with Crippen LogP contribution in [-0.2, 0) is 26.0 Å². The lowest BCUT2D eigenvalue weighted by Crippen LogP contribution is -2.53. The zero-order valence-electron chi connectivity index (χ0n) is 20.1. The Balaban J connectivity index is 2.25. The Morgan fingerprint density at radius 2 is 1.61 bits per heavy atom. The fraction of sp³-hybridized carbons (Fsp3) is 0.440. The van der Waals surface area contributed by atoms with Gasteiger partial charge in [0.2, 0.25) is 21.8 Å². The number of hydrogen-bond donors (Lipinski definition) is 1. The van der Waals surface area contributed by atoms with Gasteiger partial charge in [-0.15, -0.1) is 0 Å². The summed E-state index contributed by atoms with van der Waals surface area (Å²) in [5, 5.41) is 2.88. The van der Waals surface area contributed by atoms with E-state index in [0.29, 0.717) is 19.4 Å². The van der Waals surface area contributed by atoms with E-state index in [1.165, 1.54) is 24.1 Å². The zero-order valence-corrected chi connectivity index (χ0v) is 20.9. The molecule has 2 amide bonds. The lowest BCUT2D eigenvalue weighted by Gasteiger charge is -2.32. The average molecular weight is 474 g/mol. The van der Waals surface area contributed by atoms with Gasteiger partial charge >= 0.3 is 0 Å². The molecule has 0 aromatic heterocycles. The lowest BCUT2D eigenvalue weighted by molar-refractivity contribution is -0.140. The molecule has 0 unspecified atom stereocenters. The van der Waals surface area contributed by atoms with Gasteiger partial charge in [0.1, 0.15) is 6.04 Å². The highest BCUT2D eigenvalue weighted by Gasteiger charge is 2.31. The normalized spacial score (nSPS) is 12.6. The second kappa shape index (κ2) is 12.0. The van der Waals surface area contributed by atoms with Crippen LogP contribution in [0, 0.1) is 6.92 Å². The van der Waals surface area contributed by atoms with Gasteiger partial charge < -0.3 is 10.2 Å². The Hall–Kier alpha value is -2.71. The molecule has 0 aliphatic rings. The van der Waals surface area contributed by atoms with Crippen molar-refractivity contribution in [1.82, 2.24) is 14.5 Å². The first kappa shape index (κ1) is 26.5. The molecule has 0 heterocycles. The summed E-state index contributed by atoms with van der Waals surface area (Å²) >= 11 is 0. The van der Waals surface area contributed by atoms with Crippen LogP contribution < -0.4 is 5.32 Å². The summed E-state index contributed by atoms with van der Waals surface area (Å²) in [4.78, 5) is 27.8. The minimum Gasteiger partial charge on any atom is -0.352 e. The second-order valence-electron chi connectivity index (χ2n) is 8.48. The average Bonchev–Trinajstić information content (AvgIpc) is 2.76. The van der Waals surface area contributed by atoms with Gasteiger partial charge in [0, 0.05) is 19.6 Å². The number of sulfonamides is 1. The molecular weight excluding hydrogens is 438 g/mol. The van der Waals surface area contributed by atoms with Gasteiger partial charge in [0.15, 0.2) is 0 Å². The molecule has 0 radical (unpaired) electrons. The van der Waals surface area contributed by atoms with E-state index in [2.05, 4.69) is 5.32 Å². The molecule has 0 bridgehead atoms. The van der Waals surface area contributed by atoms with E-state index in [9.17, 15) is 18.0 Å². The van der Waals surface area contributed by atoms with Crippen molar-refractivity contribution in [2.45, 2.75) is 57.5 Å². The van der Waals surface area contributed by atoms with E-state index < -0.39 is 22.0 Å². The summed E-state index contributed by atoms with van der Waals surface area (Å²) in [5.41, 5.74) is 1.98. The van der Waals surface area contributed by atoms with E-state index in [1.54, 1.807) is 12.1 Å². The summed E-state index contributed by atoms with van der Waals surface area (Å²) in [6.45, 7) is 7.41. The molecule has 0 saturated heterocycles. The van der Waals surface area contributed by atoms with Crippen LogP contribution in [0.1, 0.15) is 38.3 Å². The number of nitrogens with zero attached hydrogens (tertiary/aromatic N) is 2. The molecule has 2 aromatic carbocycles. The molecule has 8 heteroatoms. The van der Waals surface area contributed by atoms with Crippen molar-refractivity contribution in [3.8, 4) is 0 Å². The van der Waals surface area contributed by atoms with Gasteiger partial charge in [-0.1, -0.05) is 55.0 Å². The third kappa shape index (κ3) is 7.40. The highest BCUT2D eigenvalue weighted by atomic mass is 32.2. The van der Waals surface area contributed by atoms with Crippen LogP contribution in [0.5, 0.6) is 0 Å². The van der Waals surface area contributed by atoms with Gasteiger partial charge in [0.05, 0.1) is 11.4 Å². The van der Waals surface area contributed by atoms with Crippen molar-refractivity contribution in [1.29, 1.82) is 0 Å². The van der Waals surface area contributed by atoms with Crippen LogP contribution in [0.15, 0.2) is 59.5 Å². The zero-order chi connectivity index (χ0) is 24.6. The Kier molecular flexibility index (Phi) is 9.61. The lowest BCUT2D eigenvalue weighted by atomic mass is 10.1. The Bertz CT molecular complexity index is 1020. The monoisotopic (exact) mass is 473 g/mol. The molecule has 33 heavy (non-hydrogen) atoms. The van der Waals surface area contributed by atoms with Gasteiger partial charge in [-0.05, 0) is 51.3 Å². The predicted molar refractivity (Wildman–Crippen MR) is 130 cm³/mol. The number of likely N-dealkylation sites (N-methyl/N-ethyl adjacent to an activating group) is 1. The van der Waals surface area contributed by atoms with Crippen molar-refractivity contribution < 1.29 is 18.0 Å².